The van der Waals surface area contributed by atoms with E-state index in [-0.39, 0.29) is 17.8 Å². The van der Waals surface area contributed by atoms with E-state index in [0.717, 1.165) is 11.3 Å². The summed E-state index contributed by atoms with van der Waals surface area (Å²) in [5, 5.41) is 0. The molecule has 0 unspecified atom stereocenters. The van der Waals surface area contributed by atoms with Crippen LogP contribution in [0.25, 0.3) is 0 Å². The van der Waals surface area contributed by atoms with Gasteiger partial charge in [0.25, 0.3) is 0 Å². The third kappa shape index (κ3) is 2.25. The van der Waals surface area contributed by atoms with Gasteiger partial charge in [0, 0.05) is 18.4 Å². The molecule has 3 atom stereocenters. The summed E-state index contributed by atoms with van der Waals surface area (Å²) in [7, 11) is 1.66. The minimum Gasteiger partial charge on any atom is -0.496 e. The number of Topliss-reactive ketones (excluding diaryl/α,β-unsaturated/α-hetero) is 1. The predicted molar refractivity (Wildman–Crippen MR) is 82.9 cm³/mol. The third-order valence-electron chi connectivity index (χ3n) is 5.13. The molecule has 22 heavy (non-hydrogen) atoms. The highest BCUT2D eigenvalue weighted by molar-refractivity contribution is 5.92. The van der Waals surface area contributed by atoms with Gasteiger partial charge in [0.15, 0.2) is 5.78 Å². The first kappa shape index (κ1) is 15.5. The Morgan fingerprint density at radius 1 is 1.36 bits per heavy atom. The summed E-state index contributed by atoms with van der Waals surface area (Å²) in [4.78, 5) is 12.3. The van der Waals surface area contributed by atoms with E-state index < -0.39 is 11.2 Å². The molecule has 4 nitrogen and oxygen atoms in total. The molecule has 1 aromatic rings. The van der Waals surface area contributed by atoms with Crippen molar-refractivity contribution in [2.45, 2.75) is 57.5 Å². The van der Waals surface area contributed by atoms with E-state index >= 15 is 0 Å². The van der Waals surface area contributed by atoms with E-state index in [1.54, 1.807) is 7.11 Å². The van der Waals surface area contributed by atoms with Crippen molar-refractivity contribution in [2.24, 2.45) is 5.92 Å². The lowest BCUT2D eigenvalue weighted by Gasteiger charge is -2.30. The van der Waals surface area contributed by atoms with Crippen LogP contribution in [0, 0.1) is 5.92 Å². The Morgan fingerprint density at radius 2 is 2.09 bits per heavy atom. The lowest BCUT2D eigenvalue weighted by atomic mass is 9.74. The van der Waals surface area contributed by atoms with E-state index in [2.05, 4.69) is 0 Å². The third-order valence-corrected chi connectivity index (χ3v) is 5.13. The number of methoxy groups -OCH3 is 1. The van der Waals surface area contributed by atoms with Gasteiger partial charge in [-0.3, -0.25) is 4.79 Å². The number of hydrogen-bond donors (Lipinski definition) is 0. The van der Waals surface area contributed by atoms with Crippen molar-refractivity contribution in [1.82, 2.24) is 0 Å². The lowest BCUT2D eigenvalue weighted by molar-refractivity contribution is -0.136. The van der Waals surface area contributed by atoms with Gasteiger partial charge in [-0.25, -0.2) is 0 Å². The van der Waals surface area contributed by atoms with E-state index in [1.165, 1.54) is 0 Å². The summed E-state index contributed by atoms with van der Waals surface area (Å²) in [5.41, 5.74) is -0.134. The molecule has 120 valence electrons. The molecule has 2 aliphatic rings. The molecule has 0 N–H and O–H groups in total. The standard InChI is InChI=1S/C18H24O4/c1-12(2)18-10-16(17(3,22-18)9-15(18)19)21-11-13-7-5-6-8-14(13)20-4/h5-8,12,16H,9-11H2,1-4H3/t16-,17+,18-/m1/s1. The highest BCUT2D eigenvalue weighted by Gasteiger charge is 2.65. The fourth-order valence-corrected chi connectivity index (χ4v) is 3.73. The molecule has 2 fully saturated rings. The molecule has 0 saturated carbocycles. The van der Waals surface area contributed by atoms with Crippen LogP contribution in [0.1, 0.15) is 39.2 Å². The van der Waals surface area contributed by atoms with Crippen LogP contribution in [0.2, 0.25) is 0 Å². The SMILES string of the molecule is COc1ccccc1CO[C@@H]1C[C@]2(C(C)C)O[C@@]1(C)CC2=O. The van der Waals surface area contributed by atoms with Gasteiger partial charge < -0.3 is 14.2 Å². The first-order valence-corrected chi connectivity index (χ1v) is 7.88. The Bertz CT molecular complexity index is 582. The minimum atomic E-state index is -0.653. The second-order valence-corrected chi connectivity index (χ2v) is 6.87. The number of ketones is 1. The van der Waals surface area contributed by atoms with Crippen LogP contribution >= 0.6 is 0 Å². The fraction of sp³-hybridized carbons (Fsp3) is 0.611. The van der Waals surface area contributed by atoms with Crippen molar-refractivity contribution >= 4 is 5.78 Å². The normalized spacial score (nSPS) is 33.7. The summed E-state index contributed by atoms with van der Waals surface area (Å²) in [6.07, 6.45) is 1.04. The number of benzene rings is 1. The van der Waals surface area contributed by atoms with Crippen LogP contribution < -0.4 is 4.74 Å². The fourth-order valence-electron chi connectivity index (χ4n) is 3.73. The maximum atomic E-state index is 12.3. The summed E-state index contributed by atoms with van der Waals surface area (Å²) in [6.45, 7) is 6.56. The van der Waals surface area contributed by atoms with Crippen molar-refractivity contribution in [2.75, 3.05) is 7.11 Å². The molecule has 2 saturated heterocycles. The zero-order valence-electron chi connectivity index (χ0n) is 13.7. The van der Waals surface area contributed by atoms with Gasteiger partial charge in [-0.15, -0.1) is 0 Å². The van der Waals surface area contributed by atoms with Crippen LogP contribution in [-0.4, -0.2) is 30.2 Å². The number of rotatable bonds is 5. The van der Waals surface area contributed by atoms with Gasteiger partial charge in [0.2, 0.25) is 0 Å². The number of ether oxygens (including phenoxy) is 3. The van der Waals surface area contributed by atoms with Gasteiger partial charge in [0.1, 0.15) is 11.4 Å². The molecule has 1 aromatic carbocycles. The van der Waals surface area contributed by atoms with Crippen molar-refractivity contribution in [3.05, 3.63) is 29.8 Å². The van der Waals surface area contributed by atoms with Gasteiger partial charge in [-0.05, 0) is 18.9 Å². The van der Waals surface area contributed by atoms with Crippen molar-refractivity contribution in [1.29, 1.82) is 0 Å². The van der Waals surface area contributed by atoms with Gasteiger partial charge in [-0.1, -0.05) is 32.0 Å². The Hall–Kier alpha value is -1.39. The molecule has 2 bridgehead atoms. The van der Waals surface area contributed by atoms with Gasteiger partial charge >= 0.3 is 0 Å². The number of carbonyl (C=O) groups is 1. The van der Waals surface area contributed by atoms with Crippen LogP contribution in [0.5, 0.6) is 5.75 Å². The smallest absolute Gasteiger partial charge is 0.167 e. The van der Waals surface area contributed by atoms with E-state index in [4.69, 9.17) is 14.2 Å². The van der Waals surface area contributed by atoms with Crippen LogP contribution in [0.3, 0.4) is 0 Å². The van der Waals surface area contributed by atoms with Gasteiger partial charge in [0.05, 0.1) is 25.4 Å². The summed E-state index contributed by atoms with van der Waals surface area (Å²) in [6, 6.07) is 7.84. The van der Waals surface area contributed by atoms with E-state index in [9.17, 15) is 4.79 Å². The number of para-hydroxylation sites is 1. The summed E-state index contributed by atoms with van der Waals surface area (Å²) >= 11 is 0. The number of hydrogen-bond acceptors (Lipinski definition) is 4. The molecule has 3 rings (SSSR count). The second-order valence-electron chi connectivity index (χ2n) is 6.87. The summed E-state index contributed by atoms with van der Waals surface area (Å²) < 4.78 is 17.7. The average Bonchev–Trinajstić information content (AvgIpc) is 2.93. The largest absolute Gasteiger partial charge is 0.496 e. The zero-order chi connectivity index (χ0) is 16.0. The highest BCUT2D eigenvalue weighted by Crippen LogP contribution is 2.53. The van der Waals surface area contributed by atoms with Crippen molar-refractivity contribution < 1.29 is 19.0 Å². The molecular formula is C18H24O4. The first-order chi connectivity index (χ1) is 10.4. The van der Waals surface area contributed by atoms with Crippen LogP contribution in [0.15, 0.2) is 24.3 Å². The molecule has 0 spiro atoms. The molecule has 4 heteroatoms. The Balaban J connectivity index is 1.74. The predicted octanol–water partition coefficient (Wildman–Crippen LogP) is 3.13. The Labute approximate surface area is 131 Å². The Kier molecular flexibility index (Phi) is 3.77. The zero-order valence-corrected chi connectivity index (χ0v) is 13.7. The average molecular weight is 304 g/mol. The molecule has 0 aromatic heterocycles. The molecule has 2 heterocycles. The molecule has 0 aliphatic carbocycles. The maximum absolute atomic E-state index is 12.3. The number of fused-ring (bicyclic) bond motifs is 2. The quantitative estimate of drug-likeness (QED) is 0.838. The van der Waals surface area contributed by atoms with E-state index in [1.807, 2.05) is 45.0 Å². The minimum absolute atomic E-state index is 0.0579. The highest BCUT2D eigenvalue weighted by atomic mass is 16.6. The monoisotopic (exact) mass is 304 g/mol. The topological polar surface area (TPSA) is 44.8 Å². The maximum Gasteiger partial charge on any atom is 0.167 e. The van der Waals surface area contributed by atoms with E-state index in [0.29, 0.717) is 19.4 Å². The first-order valence-electron chi connectivity index (χ1n) is 7.88. The van der Waals surface area contributed by atoms with Crippen molar-refractivity contribution in [3.63, 3.8) is 0 Å². The van der Waals surface area contributed by atoms with Crippen molar-refractivity contribution in [3.8, 4) is 5.75 Å². The molecular weight excluding hydrogens is 280 g/mol. The Morgan fingerprint density at radius 3 is 2.73 bits per heavy atom. The lowest BCUT2D eigenvalue weighted by Crippen LogP contribution is -2.44. The second kappa shape index (κ2) is 5.36. The summed E-state index contributed by atoms with van der Waals surface area (Å²) in [5.74, 6) is 1.22. The van der Waals surface area contributed by atoms with Gasteiger partial charge in [-0.2, -0.15) is 0 Å². The molecule has 0 amide bonds. The van der Waals surface area contributed by atoms with Crippen LogP contribution in [0.4, 0.5) is 0 Å². The number of carbonyl (C=O) groups excluding carboxylic acids is 1. The molecule has 0 radical (unpaired) electrons. The van der Waals surface area contributed by atoms with Crippen LogP contribution in [-0.2, 0) is 20.9 Å². The molecule has 2 aliphatic heterocycles.